The van der Waals surface area contributed by atoms with Gasteiger partial charge in [-0.3, -0.25) is 0 Å². The second-order valence-electron chi connectivity index (χ2n) is 6.14. The number of unbranched alkanes of at least 4 members (excludes halogenated alkanes) is 7. The summed E-state index contributed by atoms with van der Waals surface area (Å²) in [6.07, 6.45) is 11.2. The Balaban J connectivity index is 1.72. The molecule has 0 amide bonds. The van der Waals surface area contributed by atoms with Gasteiger partial charge in [0.25, 0.3) is 0 Å². The van der Waals surface area contributed by atoms with Crippen molar-refractivity contribution in [2.45, 2.75) is 58.3 Å². The minimum absolute atomic E-state index is 0.487. The number of aromatic amines is 1. The van der Waals surface area contributed by atoms with Gasteiger partial charge in [0.05, 0.1) is 11.2 Å². The highest BCUT2D eigenvalue weighted by Crippen LogP contribution is 2.26. The fourth-order valence-corrected chi connectivity index (χ4v) is 3.72. The molecule has 0 fully saturated rings. The molecule has 3 nitrogen and oxygen atoms in total. The lowest BCUT2D eigenvalue weighted by Crippen LogP contribution is -2.08. The van der Waals surface area contributed by atoms with Gasteiger partial charge >= 0.3 is 0 Å². The molecule has 2 aromatic rings. The third kappa shape index (κ3) is 5.58. The lowest BCUT2D eigenvalue weighted by Gasteiger charge is -2.05. The molecule has 0 aliphatic heterocycles. The maximum Gasteiger partial charge on any atom is 0.160 e. The third-order valence-corrected chi connectivity index (χ3v) is 5.24. The van der Waals surface area contributed by atoms with E-state index in [2.05, 4.69) is 16.6 Å². The summed E-state index contributed by atoms with van der Waals surface area (Å²) in [6, 6.07) is 2.23. The number of hydrogen-bond acceptors (Lipinski definition) is 1. The van der Waals surface area contributed by atoms with Crippen LogP contribution in [0.4, 0.5) is 14.5 Å². The Morgan fingerprint density at radius 3 is 2.33 bits per heavy atom. The zero-order chi connectivity index (χ0) is 17.4. The molecule has 0 radical (unpaired) electrons. The highest BCUT2D eigenvalue weighted by molar-refractivity contribution is 7.86. The van der Waals surface area contributed by atoms with Crippen LogP contribution in [0.5, 0.6) is 0 Å². The van der Waals surface area contributed by atoms with Gasteiger partial charge in [0, 0.05) is 23.4 Å². The summed E-state index contributed by atoms with van der Waals surface area (Å²) >= 11 is 0. The van der Waals surface area contributed by atoms with Gasteiger partial charge in [-0.05, 0) is 12.5 Å². The standard InChI is InChI=1S/C18H26F2N2OS/c1-2-3-4-5-6-7-8-9-10-24(23)22-18-13-21-17-12-16(20)15(19)11-14(17)18/h11-13,21-22H,2-10H2,1H3. The Hall–Kier alpha value is -1.43. The van der Waals surface area contributed by atoms with Crippen LogP contribution < -0.4 is 4.72 Å². The maximum atomic E-state index is 13.3. The largest absolute Gasteiger partial charge is 0.359 e. The van der Waals surface area contributed by atoms with Crippen LogP contribution in [-0.2, 0) is 11.0 Å². The van der Waals surface area contributed by atoms with Crippen molar-refractivity contribution in [2.75, 3.05) is 10.5 Å². The molecule has 1 heterocycles. The monoisotopic (exact) mass is 356 g/mol. The van der Waals surface area contributed by atoms with Crippen molar-refractivity contribution in [1.82, 2.24) is 4.98 Å². The van der Waals surface area contributed by atoms with E-state index >= 15 is 0 Å². The Bertz CT molecular complexity index is 672. The average Bonchev–Trinajstić information content (AvgIpc) is 2.92. The van der Waals surface area contributed by atoms with Crippen molar-refractivity contribution in [3.63, 3.8) is 0 Å². The molecule has 2 rings (SSSR count). The van der Waals surface area contributed by atoms with Gasteiger partial charge in [-0.2, -0.15) is 0 Å². The highest BCUT2D eigenvalue weighted by Gasteiger charge is 2.10. The second-order valence-corrected chi connectivity index (χ2v) is 7.44. The smallest absolute Gasteiger partial charge is 0.160 e. The number of nitrogens with one attached hydrogen (secondary N) is 2. The maximum absolute atomic E-state index is 13.3. The van der Waals surface area contributed by atoms with Crippen molar-refractivity contribution < 1.29 is 13.0 Å². The van der Waals surface area contributed by atoms with Crippen molar-refractivity contribution in [1.29, 1.82) is 0 Å². The quantitative estimate of drug-likeness (QED) is 0.501. The molecule has 0 saturated carbocycles. The first-order chi connectivity index (χ1) is 11.6. The summed E-state index contributed by atoms with van der Waals surface area (Å²) < 4.78 is 41.5. The van der Waals surface area contributed by atoms with Crippen LogP contribution in [-0.4, -0.2) is 14.9 Å². The predicted octanol–water partition coefficient (Wildman–Crippen LogP) is 5.66. The van der Waals surface area contributed by atoms with E-state index in [4.69, 9.17) is 0 Å². The zero-order valence-corrected chi connectivity index (χ0v) is 15.0. The van der Waals surface area contributed by atoms with Crippen molar-refractivity contribution in [3.05, 3.63) is 30.0 Å². The number of rotatable bonds is 11. The summed E-state index contributed by atoms with van der Waals surface area (Å²) in [6.45, 7) is 2.21. The number of fused-ring (bicyclic) bond motifs is 1. The first kappa shape index (κ1) is 18.9. The zero-order valence-electron chi connectivity index (χ0n) is 14.2. The molecule has 1 unspecified atom stereocenters. The molecule has 134 valence electrons. The Labute approximate surface area is 144 Å². The first-order valence-corrected chi connectivity index (χ1v) is 10.0. The topological polar surface area (TPSA) is 44.9 Å². The summed E-state index contributed by atoms with van der Waals surface area (Å²) in [4.78, 5) is 2.86. The second kappa shape index (κ2) is 9.77. The molecular weight excluding hydrogens is 330 g/mol. The average molecular weight is 356 g/mol. The van der Waals surface area contributed by atoms with Crippen molar-refractivity contribution in [2.24, 2.45) is 0 Å². The van der Waals surface area contributed by atoms with Gasteiger partial charge < -0.3 is 9.71 Å². The van der Waals surface area contributed by atoms with Crippen LogP contribution in [0.3, 0.4) is 0 Å². The van der Waals surface area contributed by atoms with Gasteiger partial charge in [-0.25, -0.2) is 13.0 Å². The van der Waals surface area contributed by atoms with Crippen LogP contribution in [0, 0.1) is 11.6 Å². The van der Waals surface area contributed by atoms with Crippen LogP contribution in [0.25, 0.3) is 10.9 Å². The van der Waals surface area contributed by atoms with Crippen LogP contribution in [0.2, 0.25) is 0 Å². The van der Waals surface area contributed by atoms with Gasteiger partial charge in [0.15, 0.2) is 11.6 Å². The predicted molar refractivity (Wildman–Crippen MR) is 97.5 cm³/mol. The Morgan fingerprint density at radius 2 is 1.62 bits per heavy atom. The molecule has 1 aromatic heterocycles. The third-order valence-electron chi connectivity index (χ3n) is 4.13. The van der Waals surface area contributed by atoms with E-state index in [1.165, 1.54) is 38.5 Å². The molecule has 0 bridgehead atoms. The van der Waals surface area contributed by atoms with Crippen molar-refractivity contribution >= 4 is 27.6 Å². The van der Waals surface area contributed by atoms with E-state index in [0.717, 1.165) is 25.0 Å². The molecular formula is C18H26F2N2OS. The fraction of sp³-hybridized carbons (Fsp3) is 0.556. The molecule has 0 aliphatic rings. The molecule has 0 spiro atoms. The number of halogens is 2. The van der Waals surface area contributed by atoms with E-state index in [9.17, 15) is 13.0 Å². The Kier molecular flexibility index (Phi) is 7.69. The minimum Gasteiger partial charge on any atom is -0.359 e. The Morgan fingerprint density at radius 1 is 1.00 bits per heavy atom. The van der Waals surface area contributed by atoms with Gasteiger partial charge in [-0.15, -0.1) is 0 Å². The lowest BCUT2D eigenvalue weighted by atomic mass is 10.1. The molecule has 0 saturated heterocycles. The van der Waals surface area contributed by atoms with Gasteiger partial charge in [-0.1, -0.05) is 51.9 Å². The first-order valence-electron chi connectivity index (χ1n) is 8.73. The molecule has 0 aliphatic carbocycles. The minimum atomic E-state index is -1.21. The molecule has 24 heavy (non-hydrogen) atoms. The van der Waals surface area contributed by atoms with Gasteiger partial charge in [0.2, 0.25) is 0 Å². The summed E-state index contributed by atoms with van der Waals surface area (Å²) in [7, 11) is -1.21. The normalized spacial score (nSPS) is 12.6. The number of H-pyrrole nitrogens is 1. The lowest BCUT2D eigenvalue weighted by molar-refractivity contribution is 0.511. The molecule has 6 heteroatoms. The van der Waals surface area contributed by atoms with E-state index in [0.29, 0.717) is 22.3 Å². The number of hydrogen-bond donors (Lipinski definition) is 2. The fourth-order valence-electron chi connectivity index (χ4n) is 2.74. The summed E-state index contributed by atoms with van der Waals surface area (Å²) in [5.74, 6) is -1.24. The van der Waals surface area contributed by atoms with Crippen molar-refractivity contribution in [3.8, 4) is 0 Å². The van der Waals surface area contributed by atoms with Gasteiger partial charge in [0.1, 0.15) is 11.0 Å². The van der Waals surface area contributed by atoms with E-state index < -0.39 is 22.6 Å². The van der Waals surface area contributed by atoms with E-state index in [1.807, 2.05) is 0 Å². The molecule has 1 aromatic carbocycles. The summed E-state index contributed by atoms with van der Waals surface area (Å²) in [5.41, 5.74) is 1.03. The number of aromatic nitrogens is 1. The number of anilines is 1. The van der Waals surface area contributed by atoms with E-state index in [1.54, 1.807) is 6.20 Å². The van der Waals surface area contributed by atoms with Crippen LogP contribution in [0.1, 0.15) is 58.3 Å². The van der Waals surface area contributed by atoms with E-state index in [-0.39, 0.29) is 0 Å². The summed E-state index contributed by atoms with van der Waals surface area (Å²) in [5, 5.41) is 0.512. The SMILES string of the molecule is CCCCCCCCCCS(=O)Nc1c[nH]c2cc(F)c(F)cc12. The van der Waals surface area contributed by atoms with Crippen LogP contribution in [0.15, 0.2) is 18.3 Å². The molecule has 1 atom stereocenters. The highest BCUT2D eigenvalue weighted by atomic mass is 32.2. The van der Waals surface area contributed by atoms with Crippen LogP contribution >= 0.6 is 0 Å². The number of benzene rings is 1. The molecule has 2 N–H and O–H groups in total.